The fourth-order valence-corrected chi connectivity index (χ4v) is 6.33. The van der Waals surface area contributed by atoms with Gasteiger partial charge in [0.1, 0.15) is 18.3 Å². The van der Waals surface area contributed by atoms with Gasteiger partial charge in [0.25, 0.3) is 0 Å². The van der Waals surface area contributed by atoms with Crippen LogP contribution >= 0.6 is 0 Å². The molecule has 0 aromatic heterocycles. The molecule has 0 fully saturated rings. The topological polar surface area (TPSA) is 217 Å². The molecule has 0 spiro atoms. The molecular formula is C40H74O13. The van der Waals surface area contributed by atoms with Crippen LogP contribution in [0.5, 0.6) is 0 Å². The van der Waals surface area contributed by atoms with Crippen LogP contribution in [-0.4, -0.2) is 103 Å². The summed E-state index contributed by atoms with van der Waals surface area (Å²) < 4.78 is 16.8. The summed E-state index contributed by atoms with van der Waals surface area (Å²) in [5.74, 6) is -3.19. The van der Waals surface area contributed by atoms with E-state index in [1.54, 1.807) is 0 Å². The van der Waals surface area contributed by atoms with Crippen LogP contribution in [0.25, 0.3) is 0 Å². The van der Waals surface area contributed by atoms with E-state index in [0.29, 0.717) is 32.1 Å². The van der Waals surface area contributed by atoms with Crippen LogP contribution in [0.15, 0.2) is 0 Å². The summed E-state index contributed by atoms with van der Waals surface area (Å²) in [4.78, 5) is 49.4. The molecule has 0 aromatic rings. The van der Waals surface area contributed by atoms with Gasteiger partial charge in [-0.1, -0.05) is 85.5 Å². The summed E-state index contributed by atoms with van der Waals surface area (Å²) in [5, 5.41) is 61.2. The van der Waals surface area contributed by atoms with Crippen molar-refractivity contribution < 1.29 is 64.0 Å². The minimum Gasteiger partial charge on any atom is -0.481 e. The number of carbonyl (C=O) groups is 4. The zero-order valence-corrected chi connectivity index (χ0v) is 33.1. The number of ether oxygens (including phenoxy) is 3. The van der Waals surface area contributed by atoms with Crippen molar-refractivity contribution in [1.82, 2.24) is 0 Å². The Labute approximate surface area is 318 Å². The third-order valence-corrected chi connectivity index (χ3v) is 9.19. The van der Waals surface area contributed by atoms with E-state index in [2.05, 4.69) is 6.92 Å². The molecule has 0 aromatic carbocycles. The largest absolute Gasteiger partial charge is 0.481 e. The molecule has 0 rings (SSSR count). The van der Waals surface area contributed by atoms with Crippen molar-refractivity contribution in [2.45, 2.75) is 231 Å². The van der Waals surface area contributed by atoms with Crippen LogP contribution in [-0.2, 0) is 33.4 Å². The average molecular weight is 763 g/mol. The molecule has 8 atom stereocenters. The number of hydrogen-bond donors (Lipinski definition) is 6. The number of unbranched alkanes of at least 4 members (excludes halogenated alkanes) is 8. The predicted octanol–water partition coefficient (Wildman–Crippen LogP) is 6.05. The fraction of sp³-hybridized carbons (Fsp3) is 0.900. The minimum atomic E-state index is -1.19. The second kappa shape index (κ2) is 32.0. The molecule has 0 heterocycles. The molecule has 53 heavy (non-hydrogen) atoms. The third-order valence-electron chi connectivity index (χ3n) is 9.19. The zero-order valence-electron chi connectivity index (χ0n) is 33.1. The number of esters is 3. The van der Waals surface area contributed by atoms with Crippen LogP contribution in [0.4, 0.5) is 0 Å². The Bertz CT molecular complexity index is 961. The van der Waals surface area contributed by atoms with E-state index >= 15 is 0 Å². The summed E-state index contributed by atoms with van der Waals surface area (Å²) in [6, 6.07) is 0. The number of aliphatic hydroxyl groups excluding tert-OH is 5. The normalized spacial score (nSPS) is 16.1. The van der Waals surface area contributed by atoms with Gasteiger partial charge < -0.3 is 44.8 Å². The van der Waals surface area contributed by atoms with Crippen LogP contribution in [0.3, 0.4) is 0 Å². The van der Waals surface area contributed by atoms with Crippen molar-refractivity contribution in [1.29, 1.82) is 0 Å². The summed E-state index contributed by atoms with van der Waals surface area (Å²) in [5.41, 5.74) is 0. The molecule has 13 nitrogen and oxygen atoms in total. The van der Waals surface area contributed by atoms with Gasteiger partial charge in [0.15, 0.2) is 0 Å². The Hall–Kier alpha value is -2.32. The highest BCUT2D eigenvalue weighted by Gasteiger charge is 2.27. The Morgan fingerprint density at radius 1 is 0.396 bits per heavy atom. The van der Waals surface area contributed by atoms with E-state index < -0.39 is 79.1 Å². The van der Waals surface area contributed by atoms with Crippen molar-refractivity contribution in [2.24, 2.45) is 0 Å². The first kappa shape index (κ1) is 50.7. The fourth-order valence-electron chi connectivity index (χ4n) is 6.33. The predicted molar refractivity (Wildman–Crippen MR) is 201 cm³/mol. The smallest absolute Gasteiger partial charge is 0.308 e. The monoisotopic (exact) mass is 763 g/mol. The number of rotatable bonds is 35. The first-order chi connectivity index (χ1) is 25.2. The second-order valence-corrected chi connectivity index (χ2v) is 14.7. The minimum absolute atomic E-state index is 0.00412. The third kappa shape index (κ3) is 29.7. The summed E-state index contributed by atoms with van der Waals surface area (Å²) in [6.07, 6.45) is 3.46. The maximum Gasteiger partial charge on any atom is 0.308 e. The van der Waals surface area contributed by atoms with Crippen molar-refractivity contribution >= 4 is 23.9 Å². The first-order valence-electron chi connectivity index (χ1n) is 20.4. The molecule has 0 aliphatic rings. The molecule has 0 radical (unpaired) electrons. The maximum absolute atomic E-state index is 13.0. The Morgan fingerprint density at radius 2 is 0.679 bits per heavy atom. The van der Waals surface area contributed by atoms with E-state index in [1.165, 1.54) is 0 Å². The van der Waals surface area contributed by atoms with Gasteiger partial charge in [-0.2, -0.15) is 0 Å². The molecule has 0 saturated heterocycles. The van der Waals surface area contributed by atoms with Gasteiger partial charge in [-0.15, -0.1) is 0 Å². The van der Waals surface area contributed by atoms with Gasteiger partial charge in [-0.25, -0.2) is 0 Å². The maximum atomic E-state index is 13.0. The quantitative estimate of drug-likeness (QED) is 0.0246. The molecule has 6 N–H and O–H groups in total. The van der Waals surface area contributed by atoms with Crippen LogP contribution in [0, 0.1) is 0 Å². The zero-order chi connectivity index (χ0) is 40.0. The van der Waals surface area contributed by atoms with E-state index in [0.717, 1.165) is 70.6 Å². The molecule has 13 heteroatoms. The number of carboxylic acid groups (broad SMARTS) is 1. The average Bonchev–Trinajstić information content (AvgIpc) is 3.04. The number of carbonyl (C=O) groups excluding carboxylic acids is 3. The lowest BCUT2D eigenvalue weighted by Crippen LogP contribution is -2.31. The van der Waals surface area contributed by atoms with Crippen LogP contribution in [0.2, 0.25) is 0 Å². The van der Waals surface area contributed by atoms with E-state index in [9.17, 15) is 44.7 Å². The van der Waals surface area contributed by atoms with E-state index in [-0.39, 0.29) is 44.9 Å². The van der Waals surface area contributed by atoms with Gasteiger partial charge in [0.05, 0.1) is 56.2 Å². The molecule has 0 amide bonds. The van der Waals surface area contributed by atoms with Crippen molar-refractivity contribution in [3.05, 3.63) is 0 Å². The molecule has 0 aliphatic carbocycles. The number of aliphatic carboxylic acids is 1. The van der Waals surface area contributed by atoms with Gasteiger partial charge >= 0.3 is 23.9 Å². The van der Waals surface area contributed by atoms with Crippen molar-refractivity contribution in [2.75, 3.05) is 0 Å². The lowest BCUT2D eigenvalue weighted by molar-refractivity contribution is -0.156. The Kier molecular flexibility index (Phi) is 30.6. The van der Waals surface area contributed by atoms with Crippen LogP contribution in [0.1, 0.15) is 182 Å². The Balaban J connectivity index is 5.24. The van der Waals surface area contributed by atoms with Crippen molar-refractivity contribution in [3.8, 4) is 0 Å². The number of aliphatic hydroxyl groups is 5. The van der Waals surface area contributed by atoms with Gasteiger partial charge in [-0.05, 0) is 51.4 Å². The van der Waals surface area contributed by atoms with Gasteiger partial charge in [0, 0.05) is 19.3 Å². The molecular weight excluding hydrogens is 688 g/mol. The molecule has 0 aliphatic heterocycles. The number of hydrogen-bond acceptors (Lipinski definition) is 12. The summed E-state index contributed by atoms with van der Waals surface area (Å²) in [7, 11) is 0. The van der Waals surface area contributed by atoms with Gasteiger partial charge in [-0.3, -0.25) is 19.2 Å². The highest BCUT2D eigenvalue weighted by Crippen LogP contribution is 2.21. The first-order valence-corrected chi connectivity index (χ1v) is 20.4. The van der Waals surface area contributed by atoms with E-state index in [1.807, 2.05) is 20.8 Å². The Morgan fingerprint density at radius 3 is 0.981 bits per heavy atom. The molecule has 312 valence electrons. The second-order valence-electron chi connectivity index (χ2n) is 14.7. The summed E-state index contributed by atoms with van der Waals surface area (Å²) in [6.45, 7) is 8.13. The molecule has 0 bridgehead atoms. The lowest BCUT2D eigenvalue weighted by atomic mass is 10.0. The standard InChI is InChI=1S/C40H74O13/c1-5-9-13-17-29(41)21-30(42)26-38(48)52-35(19-15-11-7-3)23-32(44)28-40(50)53-36(20-16-12-8-4)24-33(45)27-39(49)51-34(18-14-10-6-2)22-31(43)25-37(46)47/h29-36,41-45H,5-28H2,1-4H3,(H,46,47)/t29-,30-,31+,32+,33+,34+,35+,36+/m1/s1. The highest BCUT2D eigenvalue weighted by atomic mass is 16.6. The molecule has 0 unspecified atom stereocenters. The molecule has 0 saturated carbocycles. The summed E-state index contributed by atoms with van der Waals surface area (Å²) >= 11 is 0. The van der Waals surface area contributed by atoms with Gasteiger partial charge in [0.2, 0.25) is 0 Å². The van der Waals surface area contributed by atoms with E-state index in [4.69, 9.17) is 19.3 Å². The lowest BCUT2D eigenvalue weighted by Gasteiger charge is -2.24. The highest BCUT2D eigenvalue weighted by molar-refractivity contribution is 5.71. The van der Waals surface area contributed by atoms with Crippen molar-refractivity contribution in [3.63, 3.8) is 0 Å². The number of carboxylic acids is 1. The van der Waals surface area contributed by atoms with Crippen LogP contribution < -0.4 is 0 Å². The SMILES string of the molecule is CCCCC[C@@H](O)C[C@@H](O)CC(=O)O[C@@H](CCCCC)C[C@H](O)CC(=O)O[C@@H](CCCCC)C[C@H](O)CC(=O)O[C@@H](CCCCC)C[C@H](O)CC(=O)O.